The van der Waals surface area contributed by atoms with E-state index in [1.54, 1.807) is 18.7 Å². The van der Waals surface area contributed by atoms with Crippen molar-refractivity contribution in [2.24, 2.45) is 10.1 Å². The number of thioether (sulfide) groups is 1. The average Bonchev–Trinajstić information content (AvgIpc) is 3.01. The summed E-state index contributed by atoms with van der Waals surface area (Å²) >= 11 is 1.79. The Bertz CT molecular complexity index is 599. The summed E-state index contributed by atoms with van der Waals surface area (Å²) in [5.74, 6) is 0. The van der Waals surface area contributed by atoms with Crippen LogP contribution in [0, 0.1) is 0 Å². The van der Waals surface area contributed by atoms with Crippen molar-refractivity contribution >= 4 is 34.4 Å². The zero-order chi connectivity index (χ0) is 16.7. The van der Waals surface area contributed by atoms with Crippen molar-refractivity contribution < 1.29 is 9.53 Å². The number of anilines is 1. The maximum absolute atomic E-state index is 11.2. The lowest BCUT2D eigenvalue weighted by Gasteiger charge is -2.08. The van der Waals surface area contributed by atoms with Crippen LogP contribution in [0.3, 0.4) is 0 Å². The Morgan fingerprint density at radius 1 is 1.39 bits per heavy atom. The molecule has 0 saturated heterocycles. The number of hydrogen-bond donors (Lipinski definition) is 2. The molecule has 0 saturated carbocycles. The van der Waals surface area contributed by atoms with E-state index in [1.165, 1.54) is 0 Å². The van der Waals surface area contributed by atoms with E-state index < -0.39 is 6.09 Å². The molecule has 1 atom stereocenters. The molecular weight excluding hydrogens is 312 g/mol. The number of amidine groups is 1. The summed E-state index contributed by atoms with van der Waals surface area (Å²) in [7, 11) is 0. The van der Waals surface area contributed by atoms with Crippen LogP contribution in [0.15, 0.2) is 34.4 Å². The van der Waals surface area contributed by atoms with Crippen LogP contribution in [0.1, 0.15) is 32.8 Å². The van der Waals surface area contributed by atoms with Crippen molar-refractivity contribution in [3.8, 4) is 0 Å². The highest BCUT2D eigenvalue weighted by molar-refractivity contribution is 8.15. The van der Waals surface area contributed by atoms with E-state index in [0.29, 0.717) is 17.6 Å². The van der Waals surface area contributed by atoms with Gasteiger partial charge in [-0.1, -0.05) is 30.8 Å². The second-order valence-electron chi connectivity index (χ2n) is 5.03. The number of nitrogens with one attached hydrogen (secondary N) is 2. The molecule has 1 aromatic rings. The minimum atomic E-state index is -0.549. The third-order valence-electron chi connectivity index (χ3n) is 3.32. The first-order valence-electron chi connectivity index (χ1n) is 7.68. The number of benzene rings is 1. The van der Waals surface area contributed by atoms with Crippen molar-refractivity contribution in [2.75, 3.05) is 18.5 Å². The van der Waals surface area contributed by atoms with Crippen LogP contribution in [-0.4, -0.2) is 35.4 Å². The number of amides is 1. The van der Waals surface area contributed by atoms with Gasteiger partial charge in [-0.2, -0.15) is 5.10 Å². The van der Waals surface area contributed by atoms with E-state index in [0.717, 1.165) is 29.4 Å². The van der Waals surface area contributed by atoms with Crippen LogP contribution >= 0.6 is 11.8 Å². The molecule has 1 aromatic carbocycles. The number of aliphatic imine (C=N–C) groups is 1. The number of nitrogens with zero attached hydrogens (tertiary/aromatic N) is 2. The van der Waals surface area contributed by atoms with Crippen molar-refractivity contribution in [1.82, 2.24) is 5.43 Å². The summed E-state index contributed by atoms with van der Waals surface area (Å²) in [5, 5.41) is 8.89. The zero-order valence-corrected chi connectivity index (χ0v) is 14.4. The molecule has 0 radical (unpaired) electrons. The van der Waals surface area contributed by atoms with E-state index in [2.05, 4.69) is 27.8 Å². The van der Waals surface area contributed by atoms with Crippen LogP contribution in [0.2, 0.25) is 0 Å². The van der Waals surface area contributed by atoms with Gasteiger partial charge in [0.25, 0.3) is 0 Å². The molecule has 1 aliphatic heterocycles. The second-order valence-corrected chi connectivity index (χ2v) is 6.31. The minimum absolute atomic E-state index is 0.321. The summed E-state index contributed by atoms with van der Waals surface area (Å²) in [6.07, 6.45) is 0.577. The summed E-state index contributed by atoms with van der Waals surface area (Å²) in [6.45, 7) is 6.96. The van der Waals surface area contributed by atoms with Gasteiger partial charge in [0.15, 0.2) is 5.17 Å². The molecule has 0 spiro atoms. The zero-order valence-electron chi connectivity index (χ0n) is 13.6. The summed E-state index contributed by atoms with van der Waals surface area (Å²) in [4.78, 5) is 15.7. The van der Waals surface area contributed by atoms with E-state index in [-0.39, 0.29) is 0 Å². The molecule has 0 aliphatic carbocycles. The minimum Gasteiger partial charge on any atom is -0.449 e. The summed E-state index contributed by atoms with van der Waals surface area (Å²) in [5.41, 5.74) is 4.99. The topological polar surface area (TPSA) is 75.1 Å². The molecule has 0 fully saturated rings. The number of rotatable bonds is 5. The number of carbonyl (C=O) groups is 1. The fourth-order valence-corrected chi connectivity index (χ4v) is 2.93. The van der Waals surface area contributed by atoms with Crippen molar-refractivity contribution in [1.29, 1.82) is 0 Å². The Balaban J connectivity index is 1.91. The van der Waals surface area contributed by atoms with Gasteiger partial charge in [0.05, 0.1) is 18.9 Å². The van der Waals surface area contributed by atoms with Gasteiger partial charge in [-0.15, -0.1) is 0 Å². The highest BCUT2D eigenvalue weighted by Crippen LogP contribution is 2.24. The summed E-state index contributed by atoms with van der Waals surface area (Å²) in [6, 6.07) is 7.85. The highest BCUT2D eigenvalue weighted by atomic mass is 32.2. The Kier molecular flexibility index (Phi) is 6.46. The van der Waals surface area contributed by atoms with Crippen LogP contribution in [0.4, 0.5) is 10.5 Å². The number of carbonyl (C=O) groups excluding carboxylic acids is 1. The standard InChI is InChI=1S/C16H22N4O2S/c1-4-14-10-17-15(23-14)18-13-8-6-12(7-9-13)11(3)19-20-16(21)22-5-2/h6-9,14H,4-5,10H2,1-3H3,(H,17,18)(H,20,21)/b19-11-/t14-/m0/s1. The predicted molar refractivity (Wildman–Crippen MR) is 96.4 cm³/mol. The quantitative estimate of drug-likeness (QED) is 0.639. The molecule has 23 heavy (non-hydrogen) atoms. The Morgan fingerprint density at radius 2 is 2.13 bits per heavy atom. The van der Waals surface area contributed by atoms with Gasteiger partial charge in [-0.25, -0.2) is 10.2 Å². The first-order valence-corrected chi connectivity index (χ1v) is 8.56. The SMILES string of the molecule is CCOC(=O)N/N=C(/C)c1ccc(NC2=NC[C@H](CC)S2)cc1. The van der Waals surface area contributed by atoms with Crippen LogP contribution in [-0.2, 0) is 4.74 Å². The molecule has 1 heterocycles. The Morgan fingerprint density at radius 3 is 2.74 bits per heavy atom. The maximum atomic E-state index is 11.2. The predicted octanol–water partition coefficient (Wildman–Crippen LogP) is 3.45. The molecule has 2 N–H and O–H groups in total. The van der Waals surface area contributed by atoms with Gasteiger partial charge < -0.3 is 10.1 Å². The van der Waals surface area contributed by atoms with E-state index in [4.69, 9.17) is 4.74 Å². The molecule has 6 nitrogen and oxygen atoms in total. The van der Waals surface area contributed by atoms with Gasteiger partial charge in [0, 0.05) is 10.9 Å². The summed E-state index contributed by atoms with van der Waals surface area (Å²) < 4.78 is 4.76. The lowest BCUT2D eigenvalue weighted by atomic mass is 10.1. The van der Waals surface area contributed by atoms with Crippen LogP contribution < -0.4 is 10.7 Å². The smallest absolute Gasteiger partial charge is 0.427 e. The van der Waals surface area contributed by atoms with Gasteiger partial charge in [-0.05, 0) is 38.0 Å². The largest absolute Gasteiger partial charge is 0.449 e. The normalized spacial score (nSPS) is 17.6. The number of hydrazone groups is 1. The molecule has 0 unspecified atom stereocenters. The monoisotopic (exact) mass is 334 g/mol. The average molecular weight is 334 g/mol. The van der Waals surface area contributed by atoms with E-state index in [9.17, 15) is 4.79 Å². The number of hydrogen-bond acceptors (Lipinski definition) is 6. The van der Waals surface area contributed by atoms with Crippen LogP contribution in [0.25, 0.3) is 0 Å². The second kappa shape index (κ2) is 8.57. The van der Waals surface area contributed by atoms with Gasteiger partial charge in [0.1, 0.15) is 0 Å². The molecule has 7 heteroatoms. The van der Waals surface area contributed by atoms with Crippen molar-refractivity contribution in [3.05, 3.63) is 29.8 Å². The number of ether oxygens (including phenoxy) is 1. The maximum Gasteiger partial charge on any atom is 0.427 e. The van der Waals surface area contributed by atoms with Crippen LogP contribution in [0.5, 0.6) is 0 Å². The Hall–Kier alpha value is -2.02. The van der Waals surface area contributed by atoms with Crippen molar-refractivity contribution in [2.45, 2.75) is 32.4 Å². The van der Waals surface area contributed by atoms with Gasteiger partial charge in [-0.3, -0.25) is 4.99 Å². The molecule has 1 amide bonds. The highest BCUT2D eigenvalue weighted by Gasteiger charge is 2.17. The van der Waals surface area contributed by atoms with Gasteiger partial charge in [0.2, 0.25) is 0 Å². The van der Waals surface area contributed by atoms with E-state index >= 15 is 0 Å². The molecule has 0 bridgehead atoms. The third-order valence-corrected chi connectivity index (χ3v) is 4.59. The third kappa shape index (κ3) is 5.28. The molecule has 2 rings (SSSR count). The van der Waals surface area contributed by atoms with Gasteiger partial charge >= 0.3 is 6.09 Å². The Labute approximate surface area is 140 Å². The first kappa shape index (κ1) is 17.3. The first-order chi connectivity index (χ1) is 11.1. The molecule has 1 aliphatic rings. The lowest BCUT2D eigenvalue weighted by Crippen LogP contribution is -2.20. The fourth-order valence-electron chi connectivity index (χ4n) is 1.97. The fraction of sp³-hybridized carbons (Fsp3) is 0.438. The van der Waals surface area contributed by atoms with E-state index in [1.807, 2.05) is 31.2 Å². The molecular formula is C16H22N4O2S. The lowest BCUT2D eigenvalue weighted by molar-refractivity contribution is 0.152. The molecule has 124 valence electrons. The molecule has 0 aromatic heterocycles. The van der Waals surface area contributed by atoms with Crippen molar-refractivity contribution in [3.63, 3.8) is 0 Å².